The minimum absolute atomic E-state index is 0.0524. The molecular weight excluding hydrogens is 340 g/mol. The smallest absolute Gasteiger partial charge is 0.128 e. The van der Waals surface area contributed by atoms with Gasteiger partial charge >= 0.3 is 0 Å². The van der Waals surface area contributed by atoms with E-state index >= 15 is 0 Å². The molecular formula is C21H24N4O2. The fourth-order valence-electron chi connectivity index (χ4n) is 3.57. The lowest BCUT2D eigenvalue weighted by Crippen LogP contribution is -2.43. The monoisotopic (exact) mass is 364 g/mol. The summed E-state index contributed by atoms with van der Waals surface area (Å²) in [5.74, 6) is 0.173. The van der Waals surface area contributed by atoms with Gasteiger partial charge in [0.25, 0.3) is 0 Å². The summed E-state index contributed by atoms with van der Waals surface area (Å²) in [6.45, 7) is 3.64. The Hall–Kier alpha value is -2.99. The van der Waals surface area contributed by atoms with E-state index in [4.69, 9.17) is 0 Å². The van der Waals surface area contributed by atoms with Crippen LogP contribution in [0.5, 0.6) is 11.5 Å². The molecule has 1 aliphatic heterocycles. The summed E-state index contributed by atoms with van der Waals surface area (Å²) >= 11 is 0. The van der Waals surface area contributed by atoms with Crippen LogP contribution in [0.4, 0.5) is 5.69 Å². The lowest BCUT2D eigenvalue weighted by Gasteiger charge is -2.29. The largest absolute Gasteiger partial charge is 0.508 e. The van der Waals surface area contributed by atoms with E-state index in [-0.39, 0.29) is 11.5 Å². The van der Waals surface area contributed by atoms with Crippen LogP contribution in [-0.4, -0.2) is 46.6 Å². The van der Waals surface area contributed by atoms with Crippen LogP contribution in [0.25, 0.3) is 11.3 Å². The van der Waals surface area contributed by atoms with Crippen molar-refractivity contribution in [3.63, 3.8) is 0 Å². The zero-order chi connectivity index (χ0) is 18.6. The van der Waals surface area contributed by atoms with E-state index in [1.807, 2.05) is 24.3 Å². The Kier molecular flexibility index (Phi) is 4.98. The van der Waals surface area contributed by atoms with Crippen LogP contribution in [0.2, 0.25) is 0 Å². The van der Waals surface area contributed by atoms with Gasteiger partial charge in [0, 0.05) is 37.8 Å². The molecule has 0 amide bonds. The highest BCUT2D eigenvalue weighted by Gasteiger charge is 2.20. The molecule has 1 saturated heterocycles. The van der Waals surface area contributed by atoms with E-state index in [1.54, 1.807) is 6.20 Å². The van der Waals surface area contributed by atoms with Crippen LogP contribution < -0.4 is 10.2 Å². The van der Waals surface area contributed by atoms with E-state index in [9.17, 15) is 10.2 Å². The number of piperazine rings is 1. The maximum atomic E-state index is 10.5. The molecule has 0 unspecified atom stereocenters. The second-order valence-electron chi connectivity index (χ2n) is 6.85. The molecule has 27 heavy (non-hydrogen) atoms. The zero-order valence-corrected chi connectivity index (χ0v) is 15.2. The number of nitrogens with one attached hydrogen (secondary N) is 2. The molecule has 6 heteroatoms. The van der Waals surface area contributed by atoms with Gasteiger partial charge in [0.1, 0.15) is 11.5 Å². The molecule has 140 valence electrons. The third kappa shape index (κ3) is 3.75. The highest BCUT2D eigenvalue weighted by molar-refractivity contribution is 5.80. The molecule has 2 heterocycles. The van der Waals surface area contributed by atoms with Crippen molar-refractivity contribution in [2.75, 3.05) is 31.1 Å². The zero-order valence-electron chi connectivity index (χ0n) is 15.2. The Morgan fingerprint density at radius 2 is 1.74 bits per heavy atom. The summed E-state index contributed by atoms with van der Waals surface area (Å²) in [5, 5.41) is 31.3. The fourth-order valence-corrected chi connectivity index (χ4v) is 3.57. The molecule has 0 radical (unpaired) electrons. The molecule has 1 aliphatic rings. The summed E-state index contributed by atoms with van der Waals surface area (Å²) in [6, 6.07) is 13.5. The van der Waals surface area contributed by atoms with Crippen molar-refractivity contribution in [1.82, 2.24) is 15.5 Å². The number of anilines is 1. The number of hydrogen-bond donors (Lipinski definition) is 4. The van der Waals surface area contributed by atoms with Gasteiger partial charge in [0.2, 0.25) is 0 Å². The Balaban J connectivity index is 1.63. The van der Waals surface area contributed by atoms with Gasteiger partial charge < -0.3 is 20.4 Å². The highest BCUT2D eigenvalue weighted by Crippen LogP contribution is 2.38. The van der Waals surface area contributed by atoms with Crippen molar-refractivity contribution in [3.8, 4) is 22.8 Å². The van der Waals surface area contributed by atoms with Gasteiger partial charge in [0.15, 0.2) is 0 Å². The quantitative estimate of drug-likeness (QED) is 0.559. The SMILES string of the molecule is Oc1cc(O)c(-c2[nH]ncc2N2CCNCC2)cc1CCc1ccccc1. The predicted molar refractivity (Wildman–Crippen MR) is 106 cm³/mol. The number of rotatable bonds is 5. The van der Waals surface area contributed by atoms with Crippen molar-refractivity contribution < 1.29 is 10.2 Å². The fraction of sp³-hybridized carbons (Fsp3) is 0.286. The van der Waals surface area contributed by atoms with Gasteiger partial charge in [-0.15, -0.1) is 0 Å². The average Bonchev–Trinajstić information content (AvgIpc) is 3.18. The number of aromatic amines is 1. The number of H-pyrrole nitrogens is 1. The van der Waals surface area contributed by atoms with Gasteiger partial charge in [0.05, 0.1) is 17.6 Å². The topological polar surface area (TPSA) is 84.4 Å². The third-order valence-electron chi connectivity index (χ3n) is 5.07. The molecule has 0 aliphatic carbocycles. The Morgan fingerprint density at radius 1 is 0.963 bits per heavy atom. The van der Waals surface area contributed by atoms with Crippen LogP contribution in [0.15, 0.2) is 48.7 Å². The van der Waals surface area contributed by atoms with Crippen LogP contribution >= 0.6 is 0 Å². The molecule has 0 bridgehead atoms. The van der Waals surface area contributed by atoms with Crippen LogP contribution in [0.1, 0.15) is 11.1 Å². The summed E-state index contributed by atoms with van der Waals surface area (Å²) in [4.78, 5) is 2.26. The van der Waals surface area contributed by atoms with Crippen molar-refractivity contribution in [2.45, 2.75) is 12.8 Å². The Labute approximate surface area is 158 Å². The molecule has 1 aromatic heterocycles. The first-order valence-corrected chi connectivity index (χ1v) is 9.30. The first-order valence-electron chi connectivity index (χ1n) is 9.30. The number of aromatic hydroxyl groups is 2. The third-order valence-corrected chi connectivity index (χ3v) is 5.07. The van der Waals surface area contributed by atoms with E-state index in [0.29, 0.717) is 12.0 Å². The van der Waals surface area contributed by atoms with Gasteiger partial charge in [-0.05, 0) is 30.0 Å². The Morgan fingerprint density at radius 3 is 2.52 bits per heavy atom. The number of aromatic nitrogens is 2. The molecule has 0 saturated carbocycles. The molecule has 4 N–H and O–H groups in total. The van der Waals surface area contributed by atoms with Crippen LogP contribution in [-0.2, 0) is 12.8 Å². The summed E-state index contributed by atoms with van der Waals surface area (Å²) in [7, 11) is 0. The standard InChI is InChI=1S/C21H24N4O2/c26-19-13-20(27)17(12-16(19)7-6-15-4-2-1-3-5-15)21-18(14-23-24-21)25-10-8-22-9-11-25/h1-5,12-14,22,26-27H,6-11H2,(H,23,24). The number of hydrogen-bond acceptors (Lipinski definition) is 5. The molecule has 1 fully saturated rings. The average molecular weight is 364 g/mol. The molecule has 2 aromatic carbocycles. The summed E-state index contributed by atoms with van der Waals surface area (Å²) < 4.78 is 0. The minimum Gasteiger partial charge on any atom is -0.508 e. The van der Waals surface area contributed by atoms with Gasteiger partial charge in [-0.25, -0.2) is 0 Å². The lowest BCUT2D eigenvalue weighted by atomic mass is 9.99. The molecule has 0 atom stereocenters. The molecule has 6 nitrogen and oxygen atoms in total. The normalized spacial score (nSPS) is 14.4. The first-order chi connectivity index (χ1) is 13.2. The van der Waals surface area contributed by atoms with Crippen molar-refractivity contribution >= 4 is 5.69 Å². The maximum Gasteiger partial charge on any atom is 0.128 e. The van der Waals surface area contributed by atoms with E-state index < -0.39 is 0 Å². The minimum atomic E-state index is 0.0524. The lowest BCUT2D eigenvalue weighted by molar-refractivity contribution is 0.447. The second-order valence-corrected chi connectivity index (χ2v) is 6.85. The number of phenolic OH excluding ortho intramolecular Hbond substituents is 2. The Bertz CT molecular complexity index is 902. The number of benzene rings is 2. The highest BCUT2D eigenvalue weighted by atomic mass is 16.3. The maximum absolute atomic E-state index is 10.5. The van der Waals surface area contributed by atoms with Crippen molar-refractivity contribution in [2.24, 2.45) is 0 Å². The first kappa shape index (κ1) is 17.4. The van der Waals surface area contributed by atoms with E-state index in [2.05, 4.69) is 32.5 Å². The van der Waals surface area contributed by atoms with Crippen LogP contribution in [0, 0.1) is 0 Å². The van der Waals surface area contributed by atoms with Gasteiger partial charge in [-0.3, -0.25) is 5.10 Å². The van der Waals surface area contributed by atoms with E-state index in [0.717, 1.165) is 49.5 Å². The molecule has 0 spiro atoms. The summed E-state index contributed by atoms with van der Waals surface area (Å²) in [6.07, 6.45) is 3.32. The van der Waals surface area contributed by atoms with Gasteiger partial charge in [-0.2, -0.15) is 5.10 Å². The van der Waals surface area contributed by atoms with Crippen LogP contribution in [0.3, 0.4) is 0 Å². The number of phenols is 2. The molecule has 3 aromatic rings. The second kappa shape index (κ2) is 7.72. The molecule has 4 rings (SSSR count). The predicted octanol–water partition coefficient (Wildman–Crippen LogP) is 2.68. The van der Waals surface area contributed by atoms with Gasteiger partial charge in [-0.1, -0.05) is 30.3 Å². The van der Waals surface area contributed by atoms with Crippen molar-refractivity contribution in [1.29, 1.82) is 0 Å². The van der Waals surface area contributed by atoms with Crippen molar-refractivity contribution in [3.05, 3.63) is 59.8 Å². The van der Waals surface area contributed by atoms with E-state index in [1.165, 1.54) is 11.6 Å². The summed E-state index contributed by atoms with van der Waals surface area (Å²) in [5.41, 5.74) is 4.46. The number of aryl methyl sites for hydroxylation is 2. The number of nitrogens with zero attached hydrogens (tertiary/aromatic N) is 2.